The molecule has 0 saturated heterocycles. The summed E-state index contributed by atoms with van der Waals surface area (Å²) in [6, 6.07) is 18.6. The highest BCUT2D eigenvalue weighted by Crippen LogP contribution is 2.33. The first-order chi connectivity index (χ1) is 16.8. The van der Waals surface area contributed by atoms with Gasteiger partial charge in [-0.05, 0) is 80.6 Å². The van der Waals surface area contributed by atoms with Gasteiger partial charge >= 0.3 is 5.97 Å². The Balaban J connectivity index is 1.81. The average molecular weight is 495 g/mol. The number of aromatic nitrogens is 1. The molecule has 0 aliphatic carbocycles. The van der Waals surface area contributed by atoms with E-state index in [1.807, 2.05) is 35.8 Å². The van der Waals surface area contributed by atoms with Gasteiger partial charge in [-0.2, -0.15) is 0 Å². The Hall–Kier alpha value is -3.98. The van der Waals surface area contributed by atoms with Gasteiger partial charge in [0.05, 0.1) is 36.8 Å². The lowest BCUT2D eigenvalue weighted by atomic mass is 10.1. The number of nitrogens with one attached hydrogen (secondary N) is 1. The fourth-order valence-electron chi connectivity index (χ4n) is 3.98. The smallest absolute Gasteiger partial charge is 0.340 e. The summed E-state index contributed by atoms with van der Waals surface area (Å²) >= 11 is 0. The van der Waals surface area contributed by atoms with Crippen LogP contribution >= 0.6 is 0 Å². The molecule has 3 aromatic carbocycles. The van der Waals surface area contributed by atoms with Crippen molar-refractivity contribution in [2.45, 2.75) is 18.7 Å². The molecule has 8 nitrogen and oxygen atoms in total. The Morgan fingerprint density at radius 2 is 1.51 bits per heavy atom. The molecular weight excluding hydrogens is 468 g/mol. The van der Waals surface area contributed by atoms with Crippen molar-refractivity contribution < 1.29 is 27.4 Å². The van der Waals surface area contributed by atoms with Crippen LogP contribution in [-0.4, -0.2) is 39.8 Å². The molecule has 182 valence electrons. The van der Waals surface area contributed by atoms with Gasteiger partial charge in [0.1, 0.15) is 11.5 Å². The fourth-order valence-corrected chi connectivity index (χ4v) is 5.03. The molecule has 0 aliphatic heterocycles. The molecule has 0 aliphatic rings. The molecule has 0 amide bonds. The summed E-state index contributed by atoms with van der Waals surface area (Å²) in [6.07, 6.45) is 0. The predicted molar refractivity (Wildman–Crippen MR) is 134 cm³/mol. The summed E-state index contributed by atoms with van der Waals surface area (Å²) in [7, 11) is -0.748. The molecule has 1 aromatic heterocycles. The fraction of sp³-hybridized carbons (Fsp3) is 0.192. The number of fused-ring (bicyclic) bond motifs is 1. The van der Waals surface area contributed by atoms with Crippen molar-refractivity contribution in [3.8, 4) is 17.2 Å². The third-order valence-electron chi connectivity index (χ3n) is 5.64. The number of sulfonamides is 1. The summed E-state index contributed by atoms with van der Waals surface area (Å²) < 4.78 is 46.1. The topological polar surface area (TPSA) is 95.9 Å². The molecule has 0 atom stereocenters. The zero-order valence-corrected chi connectivity index (χ0v) is 20.7. The number of benzene rings is 3. The molecular formula is C26H26N2O6S. The van der Waals surface area contributed by atoms with E-state index in [-0.39, 0.29) is 11.5 Å². The largest absolute Gasteiger partial charge is 0.497 e. The van der Waals surface area contributed by atoms with Crippen LogP contribution < -0.4 is 14.2 Å². The standard InChI is InChI=1S/C26H26N2O6S/c1-5-34-26(29)25-17(2)28(19-7-9-20(32-3)10-8-19)24-15-6-18(16-23(24)25)27-35(30,31)22-13-11-21(33-4)12-14-22/h6-16,27H,5H2,1-4H3. The normalized spacial score (nSPS) is 11.3. The lowest BCUT2D eigenvalue weighted by molar-refractivity contribution is 0.0527. The second-order valence-corrected chi connectivity index (χ2v) is 9.41. The zero-order chi connectivity index (χ0) is 25.2. The quantitative estimate of drug-likeness (QED) is 0.349. The van der Waals surface area contributed by atoms with Crippen molar-refractivity contribution in [3.05, 3.63) is 78.0 Å². The van der Waals surface area contributed by atoms with Crippen molar-refractivity contribution in [2.24, 2.45) is 0 Å². The minimum absolute atomic E-state index is 0.0935. The maximum Gasteiger partial charge on any atom is 0.340 e. The summed E-state index contributed by atoms with van der Waals surface area (Å²) in [4.78, 5) is 13.0. The highest BCUT2D eigenvalue weighted by atomic mass is 32.2. The van der Waals surface area contributed by atoms with E-state index in [1.165, 1.54) is 19.2 Å². The Morgan fingerprint density at radius 1 is 0.914 bits per heavy atom. The van der Waals surface area contributed by atoms with Crippen LogP contribution in [0, 0.1) is 6.92 Å². The third kappa shape index (κ3) is 4.67. The Morgan fingerprint density at radius 3 is 2.09 bits per heavy atom. The molecule has 0 radical (unpaired) electrons. The van der Waals surface area contributed by atoms with E-state index in [0.29, 0.717) is 33.8 Å². The van der Waals surface area contributed by atoms with Gasteiger partial charge in [0, 0.05) is 22.5 Å². The summed E-state index contributed by atoms with van der Waals surface area (Å²) in [6.45, 7) is 3.79. The first kappa shape index (κ1) is 24.2. The number of hydrogen-bond donors (Lipinski definition) is 1. The van der Waals surface area contributed by atoms with Gasteiger partial charge in [-0.25, -0.2) is 13.2 Å². The molecule has 4 aromatic rings. The number of ether oxygens (including phenoxy) is 3. The van der Waals surface area contributed by atoms with Gasteiger partial charge in [0.25, 0.3) is 10.0 Å². The monoisotopic (exact) mass is 494 g/mol. The molecule has 35 heavy (non-hydrogen) atoms. The molecule has 4 rings (SSSR count). The lowest BCUT2D eigenvalue weighted by Gasteiger charge is -2.11. The second kappa shape index (κ2) is 9.71. The van der Waals surface area contributed by atoms with Gasteiger partial charge in [-0.15, -0.1) is 0 Å². The zero-order valence-electron chi connectivity index (χ0n) is 19.9. The van der Waals surface area contributed by atoms with Gasteiger partial charge in [-0.3, -0.25) is 4.72 Å². The number of hydrogen-bond acceptors (Lipinski definition) is 6. The third-order valence-corrected chi connectivity index (χ3v) is 7.03. The molecule has 0 bridgehead atoms. The summed E-state index contributed by atoms with van der Waals surface area (Å²) in [5.41, 5.74) is 2.95. The summed E-state index contributed by atoms with van der Waals surface area (Å²) in [5, 5.41) is 0.576. The molecule has 1 heterocycles. The average Bonchev–Trinajstić information content (AvgIpc) is 3.15. The lowest BCUT2D eigenvalue weighted by Crippen LogP contribution is -2.13. The van der Waals surface area contributed by atoms with E-state index in [1.54, 1.807) is 44.4 Å². The van der Waals surface area contributed by atoms with Gasteiger partial charge in [-0.1, -0.05) is 0 Å². The number of anilines is 1. The molecule has 0 unspecified atom stereocenters. The van der Waals surface area contributed by atoms with E-state index >= 15 is 0 Å². The van der Waals surface area contributed by atoms with Crippen molar-refractivity contribution in [3.63, 3.8) is 0 Å². The molecule has 0 saturated carbocycles. The number of methoxy groups -OCH3 is 2. The van der Waals surface area contributed by atoms with Crippen molar-refractivity contribution >= 4 is 32.6 Å². The minimum atomic E-state index is -3.86. The van der Waals surface area contributed by atoms with Gasteiger partial charge < -0.3 is 18.8 Å². The maximum atomic E-state index is 13.0. The van der Waals surface area contributed by atoms with Crippen LogP contribution in [0.5, 0.6) is 11.5 Å². The van der Waals surface area contributed by atoms with Gasteiger partial charge in [0.2, 0.25) is 0 Å². The Bertz CT molecular complexity index is 1470. The first-order valence-electron chi connectivity index (χ1n) is 10.9. The van der Waals surface area contributed by atoms with E-state index in [2.05, 4.69) is 4.72 Å². The van der Waals surface area contributed by atoms with E-state index in [4.69, 9.17) is 14.2 Å². The SMILES string of the molecule is CCOC(=O)c1c(C)n(-c2ccc(OC)cc2)c2ccc(NS(=O)(=O)c3ccc(OC)cc3)cc12. The van der Waals surface area contributed by atoms with Crippen molar-refractivity contribution in [2.75, 3.05) is 25.5 Å². The van der Waals surface area contributed by atoms with Crippen molar-refractivity contribution in [1.82, 2.24) is 4.57 Å². The first-order valence-corrected chi connectivity index (χ1v) is 12.4. The highest BCUT2D eigenvalue weighted by Gasteiger charge is 2.23. The van der Waals surface area contributed by atoms with Gasteiger partial charge in [0.15, 0.2) is 0 Å². The van der Waals surface area contributed by atoms with Crippen LogP contribution in [0.1, 0.15) is 23.0 Å². The summed E-state index contributed by atoms with van der Waals surface area (Å²) in [5.74, 6) is 0.793. The highest BCUT2D eigenvalue weighted by molar-refractivity contribution is 7.92. The predicted octanol–water partition coefficient (Wildman–Crippen LogP) is 4.93. The number of nitrogens with zero attached hydrogens (tertiary/aromatic N) is 1. The van der Waals surface area contributed by atoms with E-state index in [9.17, 15) is 13.2 Å². The second-order valence-electron chi connectivity index (χ2n) is 7.73. The molecule has 9 heteroatoms. The van der Waals surface area contributed by atoms with E-state index in [0.717, 1.165) is 11.2 Å². The number of esters is 1. The van der Waals surface area contributed by atoms with Crippen LogP contribution in [0.3, 0.4) is 0 Å². The Kier molecular flexibility index (Phi) is 6.70. The number of carbonyl (C=O) groups excluding carboxylic acids is 1. The maximum absolute atomic E-state index is 13.0. The Labute approximate surface area is 204 Å². The molecule has 0 spiro atoms. The molecule has 0 fully saturated rings. The van der Waals surface area contributed by atoms with Crippen LogP contribution in [0.2, 0.25) is 0 Å². The minimum Gasteiger partial charge on any atom is -0.497 e. The number of carbonyl (C=O) groups is 1. The van der Waals surface area contributed by atoms with E-state index < -0.39 is 16.0 Å². The number of rotatable bonds is 8. The van der Waals surface area contributed by atoms with Crippen LogP contribution in [0.4, 0.5) is 5.69 Å². The van der Waals surface area contributed by atoms with Crippen molar-refractivity contribution in [1.29, 1.82) is 0 Å². The van der Waals surface area contributed by atoms with Crippen LogP contribution in [0.25, 0.3) is 16.6 Å². The molecule has 1 N–H and O–H groups in total. The van der Waals surface area contributed by atoms with Crippen LogP contribution in [0.15, 0.2) is 71.6 Å². The van der Waals surface area contributed by atoms with Crippen LogP contribution in [-0.2, 0) is 14.8 Å².